The predicted molar refractivity (Wildman–Crippen MR) is 84.6 cm³/mol. The van der Waals surface area contributed by atoms with E-state index >= 15 is 0 Å². The molecule has 0 spiro atoms. The van der Waals surface area contributed by atoms with Crippen LogP contribution in [0.25, 0.3) is 0 Å². The van der Waals surface area contributed by atoms with Gasteiger partial charge in [-0.15, -0.1) is 23.7 Å². The molecule has 1 aliphatic heterocycles. The van der Waals surface area contributed by atoms with E-state index in [0.717, 1.165) is 44.1 Å². The molecule has 0 atom stereocenters. The molecule has 21 heavy (non-hydrogen) atoms. The lowest BCUT2D eigenvalue weighted by Crippen LogP contribution is -2.46. The maximum Gasteiger partial charge on any atom is 0.283 e. The number of halogens is 1. The predicted octanol–water partition coefficient (Wildman–Crippen LogP) is 1.02. The van der Waals surface area contributed by atoms with Gasteiger partial charge in [-0.2, -0.15) is 0 Å². The second-order valence-electron chi connectivity index (χ2n) is 4.66. The van der Waals surface area contributed by atoms with E-state index in [4.69, 9.17) is 0 Å². The Balaban J connectivity index is 0.00000220. The fourth-order valence-corrected chi connectivity index (χ4v) is 3.02. The molecule has 118 valence electrons. The Labute approximate surface area is 133 Å². The Bertz CT molecular complexity index is 503. The highest BCUT2D eigenvalue weighted by Crippen LogP contribution is 2.27. The van der Waals surface area contributed by atoms with E-state index < -0.39 is 4.92 Å². The van der Waals surface area contributed by atoms with Gasteiger partial charge in [0, 0.05) is 45.3 Å². The van der Waals surface area contributed by atoms with Crippen molar-refractivity contribution < 1.29 is 9.72 Å². The number of piperazine rings is 1. The first kappa shape index (κ1) is 17.8. The molecule has 0 unspecified atom stereocenters. The number of rotatable bonds is 5. The Kier molecular flexibility index (Phi) is 7.03. The number of hydrogen-bond acceptors (Lipinski definition) is 6. The quantitative estimate of drug-likeness (QED) is 0.620. The van der Waals surface area contributed by atoms with E-state index in [0.29, 0.717) is 16.3 Å². The van der Waals surface area contributed by atoms with Crippen LogP contribution in [0.2, 0.25) is 0 Å². The van der Waals surface area contributed by atoms with E-state index in [2.05, 4.69) is 15.5 Å². The van der Waals surface area contributed by atoms with Gasteiger partial charge in [0.05, 0.1) is 14.7 Å². The van der Waals surface area contributed by atoms with Crippen molar-refractivity contribution in [2.24, 2.45) is 0 Å². The Morgan fingerprint density at radius 1 is 1.52 bits per heavy atom. The van der Waals surface area contributed by atoms with Crippen molar-refractivity contribution in [3.63, 3.8) is 0 Å². The van der Waals surface area contributed by atoms with Crippen molar-refractivity contribution in [1.29, 1.82) is 0 Å². The molecule has 0 saturated carbocycles. The van der Waals surface area contributed by atoms with Gasteiger partial charge in [0.15, 0.2) is 0 Å². The molecule has 1 fully saturated rings. The van der Waals surface area contributed by atoms with Crippen LogP contribution in [-0.4, -0.2) is 55.0 Å². The summed E-state index contributed by atoms with van der Waals surface area (Å²) in [4.78, 5) is 25.4. The zero-order valence-corrected chi connectivity index (χ0v) is 13.4. The van der Waals surface area contributed by atoms with Crippen LogP contribution >= 0.6 is 23.7 Å². The third kappa shape index (κ3) is 4.92. The summed E-state index contributed by atoms with van der Waals surface area (Å²) >= 11 is 1.16. The van der Waals surface area contributed by atoms with Crippen molar-refractivity contribution in [2.75, 3.05) is 39.3 Å². The highest BCUT2D eigenvalue weighted by Gasteiger charge is 2.19. The molecular formula is C12H19ClN4O3S. The molecule has 2 heterocycles. The van der Waals surface area contributed by atoms with Crippen LogP contribution in [0.1, 0.15) is 14.5 Å². The van der Waals surface area contributed by atoms with Crippen LogP contribution in [0.5, 0.6) is 0 Å². The third-order valence-corrected chi connectivity index (χ3v) is 4.27. The smallest absolute Gasteiger partial charge is 0.283 e. The maximum absolute atomic E-state index is 11.9. The Morgan fingerprint density at radius 3 is 2.76 bits per heavy atom. The molecular weight excluding hydrogens is 316 g/mol. The lowest BCUT2D eigenvalue weighted by Gasteiger charge is -2.26. The standard InChI is InChI=1S/C12H18N4O3S.ClH/c1-9-10(16(18)19)8-11(20-9)12(17)14-4-7-15-5-2-13-3-6-15;/h8,13H,2-7H2,1H3,(H,14,17);1H. The monoisotopic (exact) mass is 334 g/mol. The minimum atomic E-state index is -0.455. The zero-order valence-electron chi connectivity index (χ0n) is 11.8. The SMILES string of the molecule is Cc1sc(C(=O)NCCN2CCNCC2)cc1[N+](=O)[O-].Cl. The third-order valence-electron chi connectivity index (χ3n) is 3.24. The normalized spacial score (nSPS) is 15.3. The summed E-state index contributed by atoms with van der Waals surface area (Å²) in [5, 5.41) is 16.8. The molecule has 1 aliphatic rings. The minimum absolute atomic E-state index is 0. The number of nitro groups is 1. The van der Waals surface area contributed by atoms with E-state index in [-0.39, 0.29) is 24.0 Å². The van der Waals surface area contributed by atoms with E-state index in [1.54, 1.807) is 6.92 Å². The zero-order chi connectivity index (χ0) is 14.5. The lowest BCUT2D eigenvalue weighted by molar-refractivity contribution is -0.385. The molecule has 0 aliphatic carbocycles. The van der Waals surface area contributed by atoms with Gasteiger partial charge in [-0.1, -0.05) is 0 Å². The summed E-state index contributed by atoms with van der Waals surface area (Å²) in [5.74, 6) is -0.235. The summed E-state index contributed by atoms with van der Waals surface area (Å²) in [6.07, 6.45) is 0. The van der Waals surface area contributed by atoms with Crippen molar-refractivity contribution in [2.45, 2.75) is 6.92 Å². The topological polar surface area (TPSA) is 87.5 Å². The first-order valence-corrected chi connectivity index (χ1v) is 7.35. The molecule has 1 amide bonds. The molecule has 1 aromatic heterocycles. The number of hydrogen-bond donors (Lipinski definition) is 2. The average Bonchev–Trinajstić information content (AvgIpc) is 2.82. The van der Waals surface area contributed by atoms with Crippen LogP contribution in [-0.2, 0) is 0 Å². The molecule has 2 rings (SSSR count). The van der Waals surface area contributed by atoms with E-state index in [9.17, 15) is 14.9 Å². The van der Waals surface area contributed by atoms with E-state index in [1.807, 2.05) is 0 Å². The molecule has 0 radical (unpaired) electrons. The van der Waals surface area contributed by atoms with Gasteiger partial charge >= 0.3 is 0 Å². The number of aryl methyl sites for hydroxylation is 1. The fraction of sp³-hybridized carbons (Fsp3) is 0.583. The number of nitrogens with zero attached hydrogens (tertiary/aromatic N) is 2. The lowest BCUT2D eigenvalue weighted by atomic mass is 10.3. The first-order valence-electron chi connectivity index (χ1n) is 6.54. The Morgan fingerprint density at radius 2 is 2.19 bits per heavy atom. The summed E-state index contributed by atoms with van der Waals surface area (Å²) in [6, 6.07) is 1.35. The van der Waals surface area contributed by atoms with Crippen LogP contribution in [0.3, 0.4) is 0 Å². The molecule has 0 aromatic carbocycles. The summed E-state index contributed by atoms with van der Waals surface area (Å²) in [5.41, 5.74) is 0.0160. The van der Waals surface area contributed by atoms with Gasteiger partial charge in [0.1, 0.15) is 0 Å². The number of carbonyl (C=O) groups is 1. The molecule has 1 saturated heterocycles. The van der Waals surface area contributed by atoms with Crippen LogP contribution in [0, 0.1) is 17.0 Å². The van der Waals surface area contributed by atoms with Gasteiger partial charge in [0.25, 0.3) is 11.6 Å². The number of thiophene rings is 1. The van der Waals surface area contributed by atoms with Gasteiger partial charge in [-0.05, 0) is 6.92 Å². The Hall–Kier alpha value is -1.22. The molecule has 2 N–H and O–H groups in total. The van der Waals surface area contributed by atoms with Gasteiger partial charge in [-0.25, -0.2) is 0 Å². The second-order valence-corrected chi connectivity index (χ2v) is 5.91. The van der Waals surface area contributed by atoms with E-state index in [1.165, 1.54) is 6.07 Å². The fourth-order valence-electron chi connectivity index (χ4n) is 2.12. The van der Waals surface area contributed by atoms with Gasteiger partial charge in [0.2, 0.25) is 0 Å². The summed E-state index contributed by atoms with van der Waals surface area (Å²) < 4.78 is 0. The van der Waals surface area contributed by atoms with Crippen molar-refractivity contribution in [1.82, 2.24) is 15.5 Å². The molecule has 7 nitrogen and oxygen atoms in total. The minimum Gasteiger partial charge on any atom is -0.350 e. The number of carbonyl (C=O) groups excluding carboxylic acids is 1. The van der Waals surface area contributed by atoms with Gasteiger partial charge < -0.3 is 10.6 Å². The summed E-state index contributed by atoms with van der Waals surface area (Å²) in [6.45, 7) is 6.94. The van der Waals surface area contributed by atoms with Crippen molar-refractivity contribution in [3.8, 4) is 0 Å². The number of amides is 1. The van der Waals surface area contributed by atoms with Crippen molar-refractivity contribution in [3.05, 3.63) is 25.9 Å². The van der Waals surface area contributed by atoms with Crippen LogP contribution < -0.4 is 10.6 Å². The molecule has 1 aromatic rings. The first-order chi connectivity index (χ1) is 9.58. The van der Waals surface area contributed by atoms with Crippen LogP contribution in [0.15, 0.2) is 6.07 Å². The maximum atomic E-state index is 11.9. The van der Waals surface area contributed by atoms with Crippen molar-refractivity contribution >= 4 is 35.3 Å². The summed E-state index contributed by atoms with van der Waals surface area (Å²) in [7, 11) is 0. The molecule has 9 heteroatoms. The largest absolute Gasteiger partial charge is 0.350 e. The van der Waals surface area contributed by atoms with Crippen LogP contribution in [0.4, 0.5) is 5.69 Å². The average molecular weight is 335 g/mol. The number of nitrogens with one attached hydrogen (secondary N) is 2. The van der Waals surface area contributed by atoms with Gasteiger partial charge in [-0.3, -0.25) is 19.8 Å². The highest BCUT2D eigenvalue weighted by molar-refractivity contribution is 7.14. The molecule has 0 bridgehead atoms. The highest BCUT2D eigenvalue weighted by atomic mass is 35.5. The second kappa shape index (κ2) is 8.28.